The zero-order valence-electron chi connectivity index (χ0n) is 11.3. The van der Waals surface area contributed by atoms with Crippen LogP contribution in [-0.4, -0.2) is 30.4 Å². The van der Waals surface area contributed by atoms with E-state index in [-0.39, 0.29) is 5.91 Å². The summed E-state index contributed by atoms with van der Waals surface area (Å²) in [6.07, 6.45) is 2.92. The molecule has 0 saturated heterocycles. The molecule has 1 N–H and O–H groups in total. The summed E-state index contributed by atoms with van der Waals surface area (Å²) >= 11 is 0. The number of nitrogens with zero attached hydrogens (tertiary/aromatic N) is 1. The van der Waals surface area contributed by atoms with E-state index in [2.05, 4.69) is 36.5 Å². The van der Waals surface area contributed by atoms with Gasteiger partial charge < -0.3 is 10.2 Å². The van der Waals surface area contributed by atoms with E-state index < -0.39 is 0 Å². The van der Waals surface area contributed by atoms with Crippen LogP contribution in [-0.2, 0) is 11.3 Å². The molecule has 1 amide bonds. The molecule has 1 aliphatic rings. The highest BCUT2D eigenvalue weighted by molar-refractivity contribution is 5.77. The molecule has 1 aromatic carbocycles. The molecule has 0 radical (unpaired) electrons. The molecule has 3 heteroatoms. The zero-order valence-corrected chi connectivity index (χ0v) is 11.3. The van der Waals surface area contributed by atoms with Gasteiger partial charge in [-0.2, -0.15) is 0 Å². The minimum atomic E-state index is 0.271. The molecule has 1 aromatic rings. The molecule has 1 aliphatic carbocycles. The summed E-state index contributed by atoms with van der Waals surface area (Å²) in [5, 5.41) is 3.04. The van der Waals surface area contributed by atoms with E-state index in [4.69, 9.17) is 0 Å². The van der Waals surface area contributed by atoms with Crippen molar-refractivity contribution >= 4 is 5.91 Å². The average molecular weight is 246 g/mol. The fourth-order valence-corrected chi connectivity index (χ4v) is 2.07. The van der Waals surface area contributed by atoms with Gasteiger partial charge >= 0.3 is 0 Å². The molecule has 0 unspecified atom stereocenters. The Morgan fingerprint density at radius 1 is 1.33 bits per heavy atom. The standard InChI is InChI=1S/C15H22N2O/c1-12-3-5-13(6-4-12)11-17(14-7-8-14)15(18)9-10-16-2/h3-6,14,16H,7-11H2,1-2H3. The maximum absolute atomic E-state index is 12.1. The molecule has 0 atom stereocenters. The second-order valence-electron chi connectivity index (χ2n) is 5.09. The lowest BCUT2D eigenvalue weighted by atomic mass is 10.1. The van der Waals surface area contributed by atoms with E-state index in [1.54, 1.807) is 0 Å². The highest BCUT2D eigenvalue weighted by Gasteiger charge is 2.31. The molecule has 1 saturated carbocycles. The molecule has 0 aromatic heterocycles. The van der Waals surface area contributed by atoms with Crippen LogP contribution in [0.5, 0.6) is 0 Å². The molecule has 98 valence electrons. The maximum atomic E-state index is 12.1. The number of hydrogen-bond acceptors (Lipinski definition) is 2. The van der Waals surface area contributed by atoms with Crippen molar-refractivity contribution in [3.05, 3.63) is 35.4 Å². The first-order valence-electron chi connectivity index (χ1n) is 6.70. The molecule has 0 heterocycles. The fourth-order valence-electron chi connectivity index (χ4n) is 2.07. The number of aryl methyl sites for hydroxylation is 1. The minimum Gasteiger partial charge on any atom is -0.335 e. The van der Waals surface area contributed by atoms with E-state index in [1.807, 2.05) is 11.9 Å². The van der Waals surface area contributed by atoms with Crippen molar-refractivity contribution in [3.8, 4) is 0 Å². The van der Waals surface area contributed by atoms with Crippen LogP contribution in [0.2, 0.25) is 0 Å². The smallest absolute Gasteiger partial charge is 0.224 e. The first-order valence-corrected chi connectivity index (χ1v) is 6.70. The van der Waals surface area contributed by atoms with E-state index >= 15 is 0 Å². The van der Waals surface area contributed by atoms with Gasteiger partial charge in [0.25, 0.3) is 0 Å². The van der Waals surface area contributed by atoms with Gasteiger partial charge in [-0.3, -0.25) is 4.79 Å². The summed E-state index contributed by atoms with van der Waals surface area (Å²) in [6, 6.07) is 8.94. The van der Waals surface area contributed by atoms with Crippen LogP contribution in [0.15, 0.2) is 24.3 Å². The number of carbonyl (C=O) groups excluding carboxylic acids is 1. The van der Waals surface area contributed by atoms with E-state index in [0.717, 1.165) is 25.9 Å². The maximum Gasteiger partial charge on any atom is 0.224 e. The Labute approximate surface area is 109 Å². The molecule has 18 heavy (non-hydrogen) atoms. The third kappa shape index (κ3) is 3.57. The number of nitrogens with one attached hydrogen (secondary N) is 1. The number of benzene rings is 1. The molecule has 0 spiro atoms. The topological polar surface area (TPSA) is 32.3 Å². The van der Waals surface area contributed by atoms with Crippen LogP contribution >= 0.6 is 0 Å². The number of amides is 1. The van der Waals surface area contributed by atoms with Crippen molar-refractivity contribution in [2.45, 2.75) is 38.8 Å². The van der Waals surface area contributed by atoms with Gasteiger partial charge in [0.05, 0.1) is 0 Å². The average Bonchev–Trinajstić information content (AvgIpc) is 3.19. The summed E-state index contributed by atoms with van der Waals surface area (Å²) in [4.78, 5) is 14.2. The van der Waals surface area contributed by atoms with Crippen LogP contribution < -0.4 is 5.32 Å². The molecule has 0 aliphatic heterocycles. The second-order valence-corrected chi connectivity index (χ2v) is 5.09. The largest absolute Gasteiger partial charge is 0.335 e. The zero-order chi connectivity index (χ0) is 13.0. The van der Waals surface area contributed by atoms with Gasteiger partial charge in [0.2, 0.25) is 5.91 Å². The Bertz CT molecular complexity index is 395. The summed E-state index contributed by atoms with van der Waals surface area (Å²) < 4.78 is 0. The Morgan fingerprint density at radius 2 is 2.00 bits per heavy atom. The SMILES string of the molecule is CNCCC(=O)N(Cc1ccc(C)cc1)C1CC1. The molecular formula is C15H22N2O. The van der Waals surface area contributed by atoms with Gasteiger partial charge in [0, 0.05) is 25.6 Å². The second kappa shape index (κ2) is 6.01. The van der Waals surface area contributed by atoms with Crippen molar-refractivity contribution in [2.75, 3.05) is 13.6 Å². The summed E-state index contributed by atoms with van der Waals surface area (Å²) in [5.74, 6) is 0.271. The van der Waals surface area contributed by atoms with Gasteiger partial charge in [0.15, 0.2) is 0 Å². The predicted octanol–water partition coefficient (Wildman–Crippen LogP) is 2.10. The van der Waals surface area contributed by atoms with Crippen LogP contribution in [0.1, 0.15) is 30.4 Å². The highest BCUT2D eigenvalue weighted by Crippen LogP contribution is 2.28. The first kappa shape index (κ1) is 13.1. The van der Waals surface area contributed by atoms with E-state index in [1.165, 1.54) is 11.1 Å². The number of hydrogen-bond donors (Lipinski definition) is 1. The number of rotatable bonds is 6. The Hall–Kier alpha value is -1.35. The van der Waals surface area contributed by atoms with Gasteiger partial charge in [-0.1, -0.05) is 29.8 Å². The predicted molar refractivity (Wildman–Crippen MR) is 73.3 cm³/mol. The first-order chi connectivity index (χ1) is 8.70. The lowest BCUT2D eigenvalue weighted by molar-refractivity contribution is -0.132. The lowest BCUT2D eigenvalue weighted by Crippen LogP contribution is -2.34. The van der Waals surface area contributed by atoms with Crippen molar-refractivity contribution in [3.63, 3.8) is 0 Å². The Morgan fingerprint density at radius 3 is 2.56 bits per heavy atom. The quantitative estimate of drug-likeness (QED) is 0.833. The third-order valence-corrected chi connectivity index (χ3v) is 3.37. The van der Waals surface area contributed by atoms with Crippen molar-refractivity contribution in [2.24, 2.45) is 0 Å². The summed E-state index contributed by atoms with van der Waals surface area (Å²) in [6.45, 7) is 3.60. The summed E-state index contributed by atoms with van der Waals surface area (Å²) in [5.41, 5.74) is 2.49. The van der Waals surface area contributed by atoms with Crippen LogP contribution in [0, 0.1) is 6.92 Å². The Kier molecular flexibility index (Phi) is 4.37. The van der Waals surface area contributed by atoms with Crippen molar-refractivity contribution < 1.29 is 4.79 Å². The Balaban J connectivity index is 1.97. The van der Waals surface area contributed by atoms with E-state index in [0.29, 0.717) is 12.5 Å². The van der Waals surface area contributed by atoms with Crippen LogP contribution in [0.25, 0.3) is 0 Å². The lowest BCUT2D eigenvalue weighted by Gasteiger charge is -2.22. The third-order valence-electron chi connectivity index (χ3n) is 3.37. The minimum absolute atomic E-state index is 0.271. The molecule has 3 nitrogen and oxygen atoms in total. The number of carbonyl (C=O) groups is 1. The highest BCUT2D eigenvalue weighted by atomic mass is 16.2. The van der Waals surface area contributed by atoms with Gasteiger partial charge in [0.1, 0.15) is 0 Å². The molecule has 1 fully saturated rings. The van der Waals surface area contributed by atoms with Gasteiger partial charge in [-0.25, -0.2) is 0 Å². The molecule has 2 rings (SSSR count). The monoisotopic (exact) mass is 246 g/mol. The van der Waals surface area contributed by atoms with Crippen molar-refractivity contribution in [1.29, 1.82) is 0 Å². The normalized spacial score (nSPS) is 14.6. The van der Waals surface area contributed by atoms with Crippen LogP contribution in [0.3, 0.4) is 0 Å². The summed E-state index contributed by atoms with van der Waals surface area (Å²) in [7, 11) is 1.88. The van der Waals surface area contributed by atoms with Gasteiger partial charge in [-0.05, 0) is 32.4 Å². The van der Waals surface area contributed by atoms with E-state index in [9.17, 15) is 4.79 Å². The van der Waals surface area contributed by atoms with Crippen LogP contribution in [0.4, 0.5) is 0 Å². The van der Waals surface area contributed by atoms with Crippen molar-refractivity contribution in [1.82, 2.24) is 10.2 Å². The molecular weight excluding hydrogens is 224 g/mol. The van der Waals surface area contributed by atoms with Gasteiger partial charge in [-0.15, -0.1) is 0 Å². The molecule has 0 bridgehead atoms. The fraction of sp³-hybridized carbons (Fsp3) is 0.533.